The highest BCUT2D eigenvalue weighted by Gasteiger charge is 2.19. The van der Waals surface area contributed by atoms with E-state index in [2.05, 4.69) is 10.2 Å². The summed E-state index contributed by atoms with van der Waals surface area (Å²) in [7, 11) is 0. The standard InChI is InChI=1S/C11H11F3N4/c1-2-18-8(5-15)16-17-11(18)6-3-4-7(12)10(14)9(6)13/h3-4H,2,5,15H2,1H3. The van der Waals surface area contributed by atoms with E-state index in [1.54, 1.807) is 11.5 Å². The number of hydrogen-bond donors (Lipinski definition) is 1. The second-order valence-electron chi connectivity index (χ2n) is 3.61. The lowest BCUT2D eigenvalue weighted by Crippen LogP contribution is -2.09. The summed E-state index contributed by atoms with van der Waals surface area (Å²) in [6, 6.07) is 1.98. The molecular weight excluding hydrogens is 245 g/mol. The second kappa shape index (κ2) is 4.77. The van der Waals surface area contributed by atoms with E-state index >= 15 is 0 Å². The zero-order chi connectivity index (χ0) is 13.3. The average molecular weight is 256 g/mol. The van der Waals surface area contributed by atoms with E-state index < -0.39 is 17.5 Å². The molecule has 0 saturated carbocycles. The summed E-state index contributed by atoms with van der Waals surface area (Å²) in [6.07, 6.45) is 0. The highest BCUT2D eigenvalue weighted by atomic mass is 19.2. The van der Waals surface area contributed by atoms with Gasteiger partial charge in [0.25, 0.3) is 0 Å². The molecule has 0 aliphatic carbocycles. The summed E-state index contributed by atoms with van der Waals surface area (Å²) in [4.78, 5) is 0. The molecule has 18 heavy (non-hydrogen) atoms. The van der Waals surface area contributed by atoms with Crippen LogP contribution in [-0.4, -0.2) is 14.8 Å². The fraction of sp³-hybridized carbons (Fsp3) is 0.273. The molecule has 4 nitrogen and oxygen atoms in total. The van der Waals surface area contributed by atoms with Gasteiger partial charge in [0, 0.05) is 6.54 Å². The Morgan fingerprint density at radius 1 is 1.17 bits per heavy atom. The first-order valence-corrected chi connectivity index (χ1v) is 5.36. The lowest BCUT2D eigenvalue weighted by Gasteiger charge is -2.07. The molecule has 0 radical (unpaired) electrons. The van der Waals surface area contributed by atoms with Crippen LogP contribution in [0.1, 0.15) is 12.7 Å². The number of nitrogens with zero attached hydrogens (tertiary/aromatic N) is 3. The quantitative estimate of drug-likeness (QED) is 0.852. The molecule has 7 heteroatoms. The molecule has 0 fully saturated rings. The third-order valence-corrected chi connectivity index (χ3v) is 2.60. The summed E-state index contributed by atoms with van der Waals surface area (Å²) in [5.74, 6) is -3.45. The molecule has 2 N–H and O–H groups in total. The van der Waals surface area contributed by atoms with E-state index in [4.69, 9.17) is 5.73 Å². The molecule has 0 amide bonds. The van der Waals surface area contributed by atoms with Crippen LogP contribution in [0.3, 0.4) is 0 Å². The molecule has 1 aromatic carbocycles. The predicted molar refractivity (Wildman–Crippen MR) is 58.9 cm³/mol. The van der Waals surface area contributed by atoms with Crippen LogP contribution in [0.2, 0.25) is 0 Å². The molecule has 0 bridgehead atoms. The van der Waals surface area contributed by atoms with Gasteiger partial charge in [0.1, 0.15) is 5.82 Å². The maximum Gasteiger partial charge on any atom is 0.195 e. The van der Waals surface area contributed by atoms with Crippen molar-refractivity contribution in [2.24, 2.45) is 5.73 Å². The van der Waals surface area contributed by atoms with Crippen LogP contribution in [0, 0.1) is 17.5 Å². The first-order valence-electron chi connectivity index (χ1n) is 5.36. The molecular formula is C11H11F3N4. The molecule has 1 aromatic heterocycles. The van der Waals surface area contributed by atoms with Crippen molar-refractivity contribution in [2.45, 2.75) is 20.0 Å². The van der Waals surface area contributed by atoms with Gasteiger partial charge in [0.15, 0.2) is 23.3 Å². The number of rotatable bonds is 3. The molecule has 0 unspecified atom stereocenters. The molecule has 0 saturated heterocycles. The van der Waals surface area contributed by atoms with Crippen LogP contribution in [0.25, 0.3) is 11.4 Å². The van der Waals surface area contributed by atoms with E-state index in [-0.39, 0.29) is 17.9 Å². The van der Waals surface area contributed by atoms with Gasteiger partial charge in [-0.05, 0) is 19.1 Å². The molecule has 96 valence electrons. The molecule has 0 aliphatic rings. The monoisotopic (exact) mass is 256 g/mol. The number of hydrogen-bond acceptors (Lipinski definition) is 3. The zero-order valence-corrected chi connectivity index (χ0v) is 9.62. The van der Waals surface area contributed by atoms with E-state index in [0.717, 1.165) is 12.1 Å². The fourth-order valence-electron chi connectivity index (χ4n) is 1.72. The van der Waals surface area contributed by atoms with Gasteiger partial charge in [-0.1, -0.05) is 0 Å². The third kappa shape index (κ3) is 1.86. The van der Waals surface area contributed by atoms with Crippen LogP contribution < -0.4 is 5.73 Å². The molecule has 0 atom stereocenters. The van der Waals surface area contributed by atoms with Crippen molar-refractivity contribution in [2.75, 3.05) is 0 Å². The van der Waals surface area contributed by atoms with Crippen molar-refractivity contribution < 1.29 is 13.2 Å². The summed E-state index contributed by atoms with van der Waals surface area (Å²) >= 11 is 0. The van der Waals surface area contributed by atoms with Gasteiger partial charge in [-0.2, -0.15) is 0 Å². The number of benzene rings is 1. The topological polar surface area (TPSA) is 56.7 Å². The zero-order valence-electron chi connectivity index (χ0n) is 9.62. The molecule has 0 aliphatic heterocycles. The molecule has 0 spiro atoms. The maximum atomic E-state index is 13.7. The minimum absolute atomic E-state index is 0.131. The van der Waals surface area contributed by atoms with E-state index in [9.17, 15) is 13.2 Å². The highest BCUT2D eigenvalue weighted by Crippen LogP contribution is 2.25. The van der Waals surface area contributed by atoms with Crippen molar-refractivity contribution in [3.8, 4) is 11.4 Å². The third-order valence-electron chi connectivity index (χ3n) is 2.60. The Morgan fingerprint density at radius 2 is 1.89 bits per heavy atom. The Hall–Kier alpha value is -1.89. The first-order chi connectivity index (χ1) is 8.60. The summed E-state index contributed by atoms with van der Waals surface area (Å²) in [5.41, 5.74) is 5.32. The average Bonchev–Trinajstić information content (AvgIpc) is 2.78. The smallest absolute Gasteiger partial charge is 0.195 e. The Kier molecular flexibility index (Phi) is 3.33. The number of aromatic nitrogens is 3. The van der Waals surface area contributed by atoms with Crippen LogP contribution in [-0.2, 0) is 13.1 Å². The minimum atomic E-state index is -1.52. The maximum absolute atomic E-state index is 13.7. The lowest BCUT2D eigenvalue weighted by molar-refractivity contribution is 0.448. The lowest BCUT2D eigenvalue weighted by atomic mass is 10.2. The Bertz CT molecular complexity index is 580. The minimum Gasteiger partial charge on any atom is -0.324 e. The first kappa shape index (κ1) is 12.6. The molecule has 1 heterocycles. The number of halogens is 3. The van der Waals surface area contributed by atoms with Crippen molar-refractivity contribution in [1.29, 1.82) is 0 Å². The van der Waals surface area contributed by atoms with Gasteiger partial charge in [0.05, 0.1) is 12.1 Å². The van der Waals surface area contributed by atoms with Crippen molar-refractivity contribution in [3.05, 3.63) is 35.4 Å². The number of nitrogens with two attached hydrogens (primary N) is 1. The predicted octanol–water partition coefficient (Wildman–Crippen LogP) is 1.84. The van der Waals surface area contributed by atoms with Gasteiger partial charge in [-0.3, -0.25) is 0 Å². The summed E-state index contributed by atoms with van der Waals surface area (Å²) < 4.78 is 41.2. The largest absolute Gasteiger partial charge is 0.324 e. The van der Waals surface area contributed by atoms with Gasteiger partial charge >= 0.3 is 0 Å². The SMILES string of the molecule is CCn1c(CN)nnc1-c1ccc(F)c(F)c1F. The fourth-order valence-corrected chi connectivity index (χ4v) is 1.72. The summed E-state index contributed by atoms with van der Waals surface area (Å²) in [5, 5.41) is 7.54. The van der Waals surface area contributed by atoms with Gasteiger partial charge in [-0.25, -0.2) is 13.2 Å². The Balaban J connectivity index is 2.62. The van der Waals surface area contributed by atoms with Crippen molar-refractivity contribution in [1.82, 2.24) is 14.8 Å². The highest BCUT2D eigenvalue weighted by molar-refractivity contribution is 5.56. The second-order valence-corrected chi connectivity index (χ2v) is 3.61. The van der Waals surface area contributed by atoms with Gasteiger partial charge in [0.2, 0.25) is 0 Å². The van der Waals surface area contributed by atoms with Crippen molar-refractivity contribution >= 4 is 0 Å². The van der Waals surface area contributed by atoms with Gasteiger partial charge in [-0.15, -0.1) is 10.2 Å². The van der Waals surface area contributed by atoms with Crippen LogP contribution in [0.4, 0.5) is 13.2 Å². The normalized spacial score (nSPS) is 10.9. The van der Waals surface area contributed by atoms with E-state index in [0.29, 0.717) is 12.4 Å². The molecule has 2 rings (SSSR count). The van der Waals surface area contributed by atoms with E-state index in [1.807, 2.05) is 0 Å². The van der Waals surface area contributed by atoms with Crippen LogP contribution in [0.15, 0.2) is 12.1 Å². The van der Waals surface area contributed by atoms with E-state index in [1.165, 1.54) is 0 Å². The molecule has 2 aromatic rings. The van der Waals surface area contributed by atoms with Gasteiger partial charge < -0.3 is 10.3 Å². The Labute approximate surface area is 101 Å². The van der Waals surface area contributed by atoms with Crippen LogP contribution >= 0.6 is 0 Å². The Morgan fingerprint density at radius 3 is 2.50 bits per heavy atom. The summed E-state index contributed by atoms with van der Waals surface area (Å²) in [6.45, 7) is 2.38. The van der Waals surface area contributed by atoms with Crippen molar-refractivity contribution in [3.63, 3.8) is 0 Å². The van der Waals surface area contributed by atoms with Crippen LogP contribution in [0.5, 0.6) is 0 Å².